The van der Waals surface area contributed by atoms with E-state index in [0.29, 0.717) is 5.69 Å². The topological polar surface area (TPSA) is 54.0 Å². The van der Waals surface area contributed by atoms with Crippen LogP contribution in [0.3, 0.4) is 0 Å². The summed E-state index contributed by atoms with van der Waals surface area (Å²) in [6.07, 6.45) is 1.96. The Morgan fingerprint density at radius 2 is 2.22 bits per heavy atom. The number of nitrogens with zero attached hydrogens (tertiary/aromatic N) is 1. The van der Waals surface area contributed by atoms with Gasteiger partial charge in [0.25, 0.3) is 0 Å². The Morgan fingerprint density at radius 3 is 3.00 bits per heavy atom. The number of anilines is 1. The fourth-order valence-electron chi connectivity index (χ4n) is 1.75. The lowest BCUT2D eigenvalue weighted by molar-refractivity contribution is 0.112. The average Bonchev–Trinajstić information content (AvgIpc) is 2.80. The van der Waals surface area contributed by atoms with Gasteiger partial charge in [-0.1, -0.05) is 6.92 Å². The van der Waals surface area contributed by atoms with Gasteiger partial charge in [-0.25, -0.2) is 0 Å². The summed E-state index contributed by atoms with van der Waals surface area (Å²) in [6.45, 7) is 5.06. The van der Waals surface area contributed by atoms with Crippen molar-refractivity contribution in [1.29, 1.82) is 0 Å². The number of nitrogens with one attached hydrogen (secondary N) is 2. The molecule has 1 aromatic carbocycles. The predicted octanol–water partition coefficient (Wildman–Crippen LogP) is 2.52. The number of fused-ring (bicyclic) bond motifs is 1. The molecule has 0 atom stereocenters. The van der Waals surface area contributed by atoms with Gasteiger partial charge >= 0.3 is 0 Å². The lowest BCUT2D eigenvalue weighted by Gasteiger charge is -2.07. The first-order valence-corrected chi connectivity index (χ1v) is 6.91. The first kappa shape index (κ1) is 13.0. The van der Waals surface area contributed by atoms with Crippen LogP contribution in [0.5, 0.6) is 0 Å². The standard InChI is InChI=1S/C13H17N3OS/c1-2-5-14-6-7-15-10-3-4-11-12(9-17)16-18-13(11)8-10/h3-4,8-9,14-15H,2,5-7H2,1H3. The van der Waals surface area contributed by atoms with Crippen LogP contribution in [0.15, 0.2) is 18.2 Å². The van der Waals surface area contributed by atoms with E-state index in [9.17, 15) is 4.79 Å². The van der Waals surface area contributed by atoms with Gasteiger partial charge in [0, 0.05) is 24.2 Å². The first-order chi connectivity index (χ1) is 8.85. The molecule has 0 fully saturated rings. The highest BCUT2D eigenvalue weighted by molar-refractivity contribution is 7.13. The molecule has 0 aliphatic rings. The van der Waals surface area contributed by atoms with E-state index in [0.717, 1.165) is 48.1 Å². The first-order valence-electron chi connectivity index (χ1n) is 6.14. The number of carbonyl (C=O) groups excluding carboxylic acids is 1. The van der Waals surface area contributed by atoms with Crippen LogP contribution in [0.4, 0.5) is 5.69 Å². The summed E-state index contributed by atoms with van der Waals surface area (Å²) in [4.78, 5) is 10.8. The van der Waals surface area contributed by atoms with E-state index in [-0.39, 0.29) is 0 Å². The van der Waals surface area contributed by atoms with Gasteiger partial charge in [-0.2, -0.15) is 4.37 Å². The van der Waals surface area contributed by atoms with Crippen molar-refractivity contribution in [2.24, 2.45) is 0 Å². The van der Waals surface area contributed by atoms with Crippen LogP contribution in [0.1, 0.15) is 23.8 Å². The molecule has 1 aromatic heterocycles. The van der Waals surface area contributed by atoms with Gasteiger partial charge in [-0.15, -0.1) is 0 Å². The van der Waals surface area contributed by atoms with Crippen molar-refractivity contribution in [2.45, 2.75) is 13.3 Å². The van der Waals surface area contributed by atoms with Gasteiger partial charge in [-0.3, -0.25) is 4.79 Å². The van der Waals surface area contributed by atoms with Gasteiger partial charge < -0.3 is 10.6 Å². The highest BCUT2D eigenvalue weighted by Crippen LogP contribution is 2.24. The van der Waals surface area contributed by atoms with Crippen LogP contribution < -0.4 is 10.6 Å². The molecule has 5 heteroatoms. The second-order valence-electron chi connectivity index (χ2n) is 4.07. The molecule has 0 amide bonds. The van der Waals surface area contributed by atoms with E-state index < -0.39 is 0 Å². The van der Waals surface area contributed by atoms with E-state index in [2.05, 4.69) is 21.9 Å². The second-order valence-corrected chi connectivity index (χ2v) is 4.88. The highest BCUT2D eigenvalue weighted by Gasteiger charge is 2.05. The Kier molecular flexibility index (Phi) is 4.66. The summed E-state index contributed by atoms with van der Waals surface area (Å²) < 4.78 is 5.15. The summed E-state index contributed by atoms with van der Waals surface area (Å²) >= 11 is 1.36. The van der Waals surface area contributed by atoms with Gasteiger partial charge in [0.15, 0.2) is 6.29 Å². The normalized spacial score (nSPS) is 10.7. The maximum Gasteiger partial charge on any atom is 0.170 e. The molecule has 0 saturated carbocycles. The third-order valence-corrected chi connectivity index (χ3v) is 3.49. The Hall–Kier alpha value is -1.46. The molecule has 96 valence electrons. The zero-order valence-electron chi connectivity index (χ0n) is 10.4. The van der Waals surface area contributed by atoms with Gasteiger partial charge in [-0.05, 0) is 42.7 Å². The third-order valence-electron chi connectivity index (χ3n) is 2.67. The summed E-state index contributed by atoms with van der Waals surface area (Å²) in [6, 6.07) is 5.98. The molecule has 2 N–H and O–H groups in total. The van der Waals surface area contributed by atoms with Crippen molar-refractivity contribution in [3.05, 3.63) is 23.9 Å². The van der Waals surface area contributed by atoms with E-state index in [1.807, 2.05) is 18.2 Å². The van der Waals surface area contributed by atoms with E-state index in [4.69, 9.17) is 0 Å². The van der Waals surface area contributed by atoms with Gasteiger partial charge in [0.2, 0.25) is 0 Å². The lowest BCUT2D eigenvalue weighted by atomic mass is 10.2. The minimum absolute atomic E-state index is 0.533. The molecule has 0 aliphatic carbocycles. The molecule has 0 spiro atoms. The molecule has 0 aliphatic heterocycles. The van der Waals surface area contributed by atoms with Crippen LogP contribution >= 0.6 is 11.5 Å². The Bertz CT molecular complexity index is 524. The van der Waals surface area contributed by atoms with Crippen molar-refractivity contribution in [3.8, 4) is 0 Å². The minimum Gasteiger partial charge on any atom is -0.384 e. The van der Waals surface area contributed by atoms with E-state index in [1.165, 1.54) is 11.5 Å². The third kappa shape index (κ3) is 3.05. The summed E-state index contributed by atoms with van der Waals surface area (Å²) in [7, 11) is 0. The Morgan fingerprint density at radius 1 is 1.33 bits per heavy atom. The molecule has 0 radical (unpaired) electrons. The van der Waals surface area contributed by atoms with Crippen LogP contribution in [-0.2, 0) is 0 Å². The molecule has 2 aromatic rings. The molecular weight excluding hydrogens is 246 g/mol. The maximum atomic E-state index is 10.8. The number of carbonyl (C=O) groups is 1. The van der Waals surface area contributed by atoms with Crippen LogP contribution in [0, 0.1) is 0 Å². The van der Waals surface area contributed by atoms with Crippen LogP contribution in [-0.4, -0.2) is 30.3 Å². The monoisotopic (exact) mass is 263 g/mol. The number of rotatable bonds is 7. The molecule has 0 unspecified atom stereocenters. The van der Waals surface area contributed by atoms with Crippen molar-refractivity contribution in [3.63, 3.8) is 0 Å². The number of benzene rings is 1. The van der Waals surface area contributed by atoms with E-state index >= 15 is 0 Å². The smallest absolute Gasteiger partial charge is 0.170 e. The second kappa shape index (κ2) is 6.47. The summed E-state index contributed by atoms with van der Waals surface area (Å²) in [5.41, 5.74) is 1.60. The molecule has 0 bridgehead atoms. The zero-order valence-corrected chi connectivity index (χ0v) is 11.2. The molecule has 0 saturated heterocycles. The van der Waals surface area contributed by atoms with Crippen molar-refractivity contribution < 1.29 is 4.79 Å². The number of hydrogen-bond acceptors (Lipinski definition) is 5. The molecule has 1 heterocycles. The Balaban J connectivity index is 1.96. The number of aldehydes is 1. The summed E-state index contributed by atoms with van der Waals surface area (Å²) in [5.74, 6) is 0. The van der Waals surface area contributed by atoms with Crippen molar-refractivity contribution in [1.82, 2.24) is 9.69 Å². The van der Waals surface area contributed by atoms with Gasteiger partial charge in [0.05, 0.1) is 4.70 Å². The summed E-state index contributed by atoms with van der Waals surface area (Å²) in [5, 5.41) is 7.62. The fraction of sp³-hybridized carbons (Fsp3) is 0.385. The molecule has 4 nitrogen and oxygen atoms in total. The van der Waals surface area contributed by atoms with Gasteiger partial charge in [0.1, 0.15) is 5.69 Å². The molecule has 2 rings (SSSR count). The highest BCUT2D eigenvalue weighted by atomic mass is 32.1. The molecule has 18 heavy (non-hydrogen) atoms. The fourth-order valence-corrected chi connectivity index (χ4v) is 2.54. The lowest BCUT2D eigenvalue weighted by Crippen LogP contribution is -2.22. The Labute approximate surface area is 111 Å². The largest absolute Gasteiger partial charge is 0.384 e. The number of aromatic nitrogens is 1. The van der Waals surface area contributed by atoms with Crippen molar-refractivity contribution in [2.75, 3.05) is 25.0 Å². The van der Waals surface area contributed by atoms with E-state index in [1.54, 1.807) is 0 Å². The van der Waals surface area contributed by atoms with Crippen LogP contribution in [0.2, 0.25) is 0 Å². The van der Waals surface area contributed by atoms with Crippen LogP contribution in [0.25, 0.3) is 10.1 Å². The predicted molar refractivity (Wildman–Crippen MR) is 76.7 cm³/mol. The SMILES string of the molecule is CCCNCCNc1ccc2c(C=O)nsc2c1. The van der Waals surface area contributed by atoms with Crippen molar-refractivity contribution >= 4 is 33.6 Å². The molecular formula is C13H17N3OS. The maximum absolute atomic E-state index is 10.8. The minimum atomic E-state index is 0.533. The number of hydrogen-bond donors (Lipinski definition) is 2. The quantitative estimate of drug-likeness (QED) is 0.595. The zero-order chi connectivity index (χ0) is 12.8. The average molecular weight is 263 g/mol.